The molecule has 120 valence electrons. The summed E-state index contributed by atoms with van der Waals surface area (Å²) >= 11 is 6.00. The second-order valence-electron chi connectivity index (χ2n) is 5.65. The summed E-state index contributed by atoms with van der Waals surface area (Å²) in [7, 11) is 0. The molecule has 1 saturated heterocycles. The second-order valence-corrected chi connectivity index (χ2v) is 6.04. The zero-order valence-corrected chi connectivity index (χ0v) is 13.7. The van der Waals surface area contributed by atoms with Crippen LogP contribution in [0.4, 0.5) is 5.69 Å². The summed E-state index contributed by atoms with van der Waals surface area (Å²) < 4.78 is 1.70. The molecule has 0 radical (unpaired) electrons. The van der Waals surface area contributed by atoms with Crippen LogP contribution in [0.15, 0.2) is 36.5 Å². The van der Waals surface area contributed by atoms with Crippen molar-refractivity contribution in [1.82, 2.24) is 19.9 Å². The first-order valence-corrected chi connectivity index (χ1v) is 8.14. The minimum Gasteiger partial charge on any atom is -0.368 e. The first-order valence-electron chi connectivity index (χ1n) is 7.77. The van der Waals surface area contributed by atoms with Gasteiger partial charge in [0.05, 0.1) is 23.1 Å². The van der Waals surface area contributed by atoms with E-state index in [4.69, 9.17) is 11.6 Å². The third kappa shape index (κ3) is 2.58. The monoisotopic (exact) mass is 338 g/mol. The summed E-state index contributed by atoms with van der Waals surface area (Å²) in [5, 5.41) is 17.6. The lowest BCUT2D eigenvalue weighted by Crippen LogP contribution is -2.43. The van der Waals surface area contributed by atoms with Gasteiger partial charge < -0.3 is 10.2 Å². The van der Waals surface area contributed by atoms with Crippen molar-refractivity contribution in [2.45, 2.75) is 0 Å². The highest BCUT2D eigenvalue weighted by atomic mass is 35.5. The fourth-order valence-electron chi connectivity index (χ4n) is 3.01. The lowest BCUT2D eigenvalue weighted by molar-refractivity contribution is 0.589. The van der Waals surface area contributed by atoms with Gasteiger partial charge >= 0.3 is 0 Å². The predicted molar refractivity (Wildman–Crippen MR) is 93.2 cm³/mol. The Morgan fingerprint density at radius 1 is 1.17 bits per heavy atom. The SMILES string of the molecule is N#Cc1cc(-c2cnc3ccc(Cl)nn23)ccc1N1CCNCC1. The molecule has 1 fully saturated rings. The second kappa shape index (κ2) is 6.11. The van der Waals surface area contributed by atoms with Crippen molar-refractivity contribution in [2.75, 3.05) is 31.1 Å². The Morgan fingerprint density at radius 3 is 2.79 bits per heavy atom. The van der Waals surface area contributed by atoms with Crippen molar-refractivity contribution in [3.05, 3.63) is 47.2 Å². The first-order chi connectivity index (χ1) is 11.8. The molecule has 3 aromatic rings. The van der Waals surface area contributed by atoms with Gasteiger partial charge in [-0.25, -0.2) is 9.50 Å². The van der Waals surface area contributed by atoms with Crippen molar-refractivity contribution in [3.8, 4) is 17.3 Å². The van der Waals surface area contributed by atoms with Gasteiger partial charge in [0.2, 0.25) is 0 Å². The molecule has 3 heterocycles. The van der Waals surface area contributed by atoms with Gasteiger partial charge in [-0.15, -0.1) is 0 Å². The van der Waals surface area contributed by atoms with Crippen molar-refractivity contribution in [2.24, 2.45) is 0 Å². The summed E-state index contributed by atoms with van der Waals surface area (Å²) in [6.45, 7) is 3.67. The smallest absolute Gasteiger partial charge is 0.154 e. The Hall–Kier alpha value is -2.62. The van der Waals surface area contributed by atoms with E-state index >= 15 is 0 Å². The third-order valence-electron chi connectivity index (χ3n) is 4.20. The molecule has 2 aromatic heterocycles. The number of rotatable bonds is 2. The maximum Gasteiger partial charge on any atom is 0.154 e. The third-order valence-corrected chi connectivity index (χ3v) is 4.40. The molecule has 0 saturated carbocycles. The Balaban J connectivity index is 1.78. The fraction of sp³-hybridized carbons (Fsp3) is 0.235. The van der Waals surface area contributed by atoms with E-state index in [9.17, 15) is 5.26 Å². The predicted octanol–water partition coefficient (Wildman–Crippen LogP) is 2.33. The molecule has 1 aliphatic heterocycles. The normalized spacial score (nSPS) is 14.8. The number of fused-ring (bicyclic) bond motifs is 1. The van der Waals surface area contributed by atoms with E-state index in [1.54, 1.807) is 16.8 Å². The number of benzene rings is 1. The standard InChI is InChI=1S/C17H15ClN6/c18-16-3-4-17-21-11-15(24(17)22-16)12-1-2-14(13(9-12)10-19)23-7-5-20-6-8-23/h1-4,9,11,20H,5-8H2. The van der Waals surface area contributed by atoms with Crippen LogP contribution in [0.25, 0.3) is 16.9 Å². The van der Waals surface area contributed by atoms with Crippen molar-refractivity contribution >= 4 is 22.9 Å². The topological polar surface area (TPSA) is 69.2 Å². The molecule has 4 rings (SSSR count). The summed E-state index contributed by atoms with van der Waals surface area (Å²) in [6.07, 6.45) is 1.75. The van der Waals surface area contributed by atoms with Gasteiger partial charge in [0.1, 0.15) is 11.2 Å². The molecule has 0 atom stereocenters. The number of anilines is 1. The number of nitrogens with zero attached hydrogens (tertiary/aromatic N) is 5. The zero-order valence-electron chi connectivity index (χ0n) is 12.9. The average Bonchev–Trinajstić information content (AvgIpc) is 3.05. The maximum absolute atomic E-state index is 9.58. The van der Waals surface area contributed by atoms with Crippen LogP contribution in [0, 0.1) is 11.3 Å². The van der Waals surface area contributed by atoms with Crippen LogP contribution < -0.4 is 10.2 Å². The van der Waals surface area contributed by atoms with E-state index in [0.29, 0.717) is 10.7 Å². The van der Waals surface area contributed by atoms with Crippen molar-refractivity contribution < 1.29 is 0 Å². The van der Waals surface area contributed by atoms with Crippen LogP contribution in [0.1, 0.15) is 5.56 Å². The van der Waals surface area contributed by atoms with Crippen LogP contribution in [0.5, 0.6) is 0 Å². The van der Waals surface area contributed by atoms with E-state index in [0.717, 1.165) is 48.8 Å². The van der Waals surface area contributed by atoms with Gasteiger partial charge in [-0.05, 0) is 24.3 Å². The molecule has 1 N–H and O–H groups in total. The molecule has 0 amide bonds. The zero-order chi connectivity index (χ0) is 16.5. The van der Waals surface area contributed by atoms with Gasteiger partial charge in [-0.1, -0.05) is 17.7 Å². The van der Waals surface area contributed by atoms with Gasteiger partial charge in [0.15, 0.2) is 5.65 Å². The van der Waals surface area contributed by atoms with Gasteiger partial charge in [-0.2, -0.15) is 10.4 Å². The molecular weight excluding hydrogens is 324 g/mol. The summed E-state index contributed by atoms with van der Waals surface area (Å²) in [5.74, 6) is 0. The van der Waals surface area contributed by atoms with Gasteiger partial charge in [0.25, 0.3) is 0 Å². The number of piperazine rings is 1. The van der Waals surface area contributed by atoms with E-state index < -0.39 is 0 Å². The molecule has 24 heavy (non-hydrogen) atoms. The lowest BCUT2D eigenvalue weighted by Gasteiger charge is -2.30. The van der Waals surface area contributed by atoms with Crippen LogP contribution in [-0.2, 0) is 0 Å². The highest BCUT2D eigenvalue weighted by Crippen LogP contribution is 2.28. The Bertz CT molecular complexity index is 936. The minimum atomic E-state index is 0.402. The van der Waals surface area contributed by atoms with E-state index in [2.05, 4.69) is 26.4 Å². The molecule has 7 heteroatoms. The Kier molecular flexibility index (Phi) is 3.81. The highest BCUT2D eigenvalue weighted by Gasteiger charge is 2.16. The number of nitrogens with one attached hydrogen (secondary N) is 1. The maximum atomic E-state index is 9.58. The molecule has 1 aromatic carbocycles. The van der Waals surface area contributed by atoms with Crippen molar-refractivity contribution in [3.63, 3.8) is 0 Å². The molecule has 0 bridgehead atoms. The van der Waals surface area contributed by atoms with Crippen LogP contribution >= 0.6 is 11.6 Å². The van der Waals surface area contributed by atoms with Crippen LogP contribution in [0.2, 0.25) is 5.15 Å². The van der Waals surface area contributed by atoms with Gasteiger partial charge in [0, 0.05) is 31.7 Å². The average molecular weight is 339 g/mol. The number of aromatic nitrogens is 3. The molecule has 0 aliphatic carbocycles. The number of nitriles is 1. The summed E-state index contributed by atoms with van der Waals surface area (Å²) in [5.41, 5.74) is 4.07. The van der Waals surface area contributed by atoms with E-state index in [-0.39, 0.29) is 0 Å². The fourth-order valence-corrected chi connectivity index (χ4v) is 3.15. The number of halogens is 1. The largest absolute Gasteiger partial charge is 0.368 e. The molecular formula is C17H15ClN6. The number of hydrogen-bond acceptors (Lipinski definition) is 5. The molecule has 0 unspecified atom stereocenters. The van der Waals surface area contributed by atoms with E-state index in [1.165, 1.54) is 0 Å². The lowest BCUT2D eigenvalue weighted by atomic mass is 10.1. The van der Waals surface area contributed by atoms with Gasteiger partial charge in [-0.3, -0.25) is 0 Å². The Labute approximate surface area is 144 Å². The number of hydrogen-bond donors (Lipinski definition) is 1. The molecule has 0 spiro atoms. The van der Waals surface area contributed by atoms with E-state index in [1.807, 2.05) is 24.3 Å². The summed E-state index contributed by atoms with van der Waals surface area (Å²) in [4.78, 5) is 6.58. The summed E-state index contributed by atoms with van der Waals surface area (Å²) in [6, 6.07) is 11.7. The first kappa shape index (κ1) is 14.9. The highest BCUT2D eigenvalue weighted by molar-refractivity contribution is 6.29. The minimum absolute atomic E-state index is 0.402. The number of imidazole rings is 1. The van der Waals surface area contributed by atoms with Crippen LogP contribution in [-0.4, -0.2) is 40.8 Å². The quantitative estimate of drug-likeness (QED) is 0.776. The van der Waals surface area contributed by atoms with Crippen LogP contribution in [0.3, 0.4) is 0 Å². The molecule has 1 aliphatic rings. The molecule has 6 nitrogen and oxygen atoms in total. The van der Waals surface area contributed by atoms with Crippen molar-refractivity contribution in [1.29, 1.82) is 5.26 Å². The Morgan fingerprint density at radius 2 is 2.00 bits per heavy atom.